The van der Waals surface area contributed by atoms with E-state index in [9.17, 15) is 4.39 Å². The molecule has 2 heterocycles. The molecule has 0 bridgehead atoms. The van der Waals surface area contributed by atoms with Crippen LogP contribution in [0.3, 0.4) is 0 Å². The van der Waals surface area contributed by atoms with Crippen LogP contribution in [0.25, 0.3) is 0 Å². The molecule has 0 aromatic carbocycles. The number of aromatic nitrogens is 1. The Labute approximate surface area is 88.5 Å². The number of hydrogen-bond acceptors (Lipinski definition) is 3. The van der Waals surface area contributed by atoms with Crippen LogP contribution in [-0.4, -0.2) is 18.2 Å². The molecule has 1 atom stereocenters. The monoisotopic (exact) mass is 210 g/mol. The Hall–Kier alpha value is -1.00. The minimum absolute atomic E-state index is 0.331. The van der Waals surface area contributed by atoms with Gasteiger partial charge >= 0.3 is 0 Å². The van der Waals surface area contributed by atoms with E-state index in [1.165, 1.54) is 12.3 Å². The average molecular weight is 210 g/mol. The van der Waals surface area contributed by atoms with Gasteiger partial charge in [0, 0.05) is 24.9 Å². The van der Waals surface area contributed by atoms with E-state index in [-0.39, 0.29) is 5.82 Å². The van der Waals surface area contributed by atoms with Crippen molar-refractivity contribution >= 4 is 0 Å². The van der Waals surface area contributed by atoms with Crippen molar-refractivity contribution in [3.63, 3.8) is 0 Å². The summed E-state index contributed by atoms with van der Waals surface area (Å²) in [7, 11) is 0. The van der Waals surface area contributed by atoms with Crippen molar-refractivity contribution in [2.75, 3.05) is 13.2 Å². The molecule has 0 saturated carbocycles. The molecule has 1 aromatic rings. The Morgan fingerprint density at radius 1 is 1.33 bits per heavy atom. The summed E-state index contributed by atoms with van der Waals surface area (Å²) >= 11 is 0. The molecule has 4 heteroatoms. The largest absolute Gasteiger partial charge is 0.381 e. The minimum atomic E-state index is -0.481. The van der Waals surface area contributed by atoms with Crippen molar-refractivity contribution in [2.45, 2.75) is 24.8 Å². The second-order valence-corrected chi connectivity index (χ2v) is 4.01. The Balaban J connectivity index is 2.26. The van der Waals surface area contributed by atoms with Gasteiger partial charge in [-0.15, -0.1) is 0 Å². The number of rotatable bonds is 1. The molecule has 2 rings (SSSR count). The van der Waals surface area contributed by atoms with Crippen LogP contribution in [0, 0.1) is 5.82 Å². The third-order valence-corrected chi connectivity index (χ3v) is 2.88. The Morgan fingerprint density at radius 3 is 3.00 bits per heavy atom. The van der Waals surface area contributed by atoms with E-state index in [0.717, 1.165) is 31.4 Å². The SMILES string of the molecule is NC1(c2cncc(F)c2)CCCOCC1. The van der Waals surface area contributed by atoms with Gasteiger partial charge in [-0.2, -0.15) is 0 Å². The van der Waals surface area contributed by atoms with Gasteiger partial charge in [-0.1, -0.05) is 0 Å². The topological polar surface area (TPSA) is 48.1 Å². The molecule has 0 spiro atoms. The standard InChI is InChI=1S/C11H15FN2O/c12-10-6-9(7-14-8-10)11(13)2-1-4-15-5-3-11/h6-8H,1-5,13H2. The summed E-state index contributed by atoms with van der Waals surface area (Å²) in [5.74, 6) is -0.331. The van der Waals surface area contributed by atoms with Gasteiger partial charge in [-0.25, -0.2) is 4.39 Å². The van der Waals surface area contributed by atoms with Crippen molar-refractivity contribution in [1.29, 1.82) is 0 Å². The van der Waals surface area contributed by atoms with Crippen LogP contribution in [0.15, 0.2) is 18.5 Å². The van der Waals surface area contributed by atoms with Crippen molar-refractivity contribution in [1.82, 2.24) is 4.98 Å². The zero-order valence-corrected chi connectivity index (χ0v) is 8.58. The molecule has 0 aliphatic carbocycles. The summed E-state index contributed by atoms with van der Waals surface area (Å²) in [4.78, 5) is 3.84. The first-order valence-electron chi connectivity index (χ1n) is 5.18. The van der Waals surface area contributed by atoms with Crippen LogP contribution < -0.4 is 5.73 Å². The lowest BCUT2D eigenvalue weighted by molar-refractivity contribution is 0.139. The van der Waals surface area contributed by atoms with Gasteiger partial charge in [0.15, 0.2) is 0 Å². The Morgan fingerprint density at radius 2 is 2.20 bits per heavy atom. The fourth-order valence-corrected chi connectivity index (χ4v) is 1.94. The number of nitrogens with zero attached hydrogens (tertiary/aromatic N) is 1. The second kappa shape index (κ2) is 4.24. The van der Waals surface area contributed by atoms with Crippen LogP contribution in [0.5, 0.6) is 0 Å². The van der Waals surface area contributed by atoms with Gasteiger partial charge in [0.1, 0.15) is 5.82 Å². The molecule has 1 fully saturated rings. The highest BCUT2D eigenvalue weighted by atomic mass is 19.1. The van der Waals surface area contributed by atoms with E-state index >= 15 is 0 Å². The normalized spacial score (nSPS) is 27.3. The molecule has 0 radical (unpaired) electrons. The summed E-state index contributed by atoms with van der Waals surface area (Å²) in [5, 5.41) is 0. The summed E-state index contributed by atoms with van der Waals surface area (Å²) < 4.78 is 18.4. The van der Waals surface area contributed by atoms with Gasteiger partial charge in [-0.3, -0.25) is 4.98 Å². The van der Waals surface area contributed by atoms with Crippen molar-refractivity contribution in [3.05, 3.63) is 29.8 Å². The molecule has 3 nitrogen and oxygen atoms in total. The molecule has 15 heavy (non-hydrogen) atoms. The summed E-state index contributed by atoms with van der Waals surface area (Å²) in [6.07, 6.45) is 5.29. The number of pyridine rings is 1. The first-order valence-corrected chi connectivity index (χ1v) is 5.18. The van der Waals surface area contributed by atoms with Crippen molar-refractivity contribution in [3.8, 4) is 0 Å². The predicted octanol–water partition coefficient (Wildman–Crippen LogP) is 1.58. The van der Waals surface area contributed by atoms with Gasteiger partial charge in [0.25, 0.3) is 0 Å². The van der Waals surface area contributed by atoms with E-state index in [2.05, 4.69) is 4.98 Å². The van der Waals surface area contributed by atoms with Crippen LogP contribution in [0.1, 0.15) is 24.8 Å². The van der Waals surface area contributed by atoms with Crippen molar-refractivity contribution in [2.24, 2.45) is 5.73 Å². The number of hydrogen-bond donors (Lipinski definition) is 1. The van der Waals surface area contributed by atoms with Crippen LogP contribution in [0.4, 0.5) is 4.39 Å². The zero-order chi connectivity index (χ0) is 10.7. The highest BCUT2D eigenvalue weighted by molar-refractivity contribution is 5.21. The average Bonchev–Trinajstić information content (AvgIpc) is 2.44. The van der Waals surface area contributed by atoms with E-state index in [1.54, 1.807) is 6.20 Å². The molecule has 1 aromatic heterocycles. The lowest BCUT2D eigenvalue weighted by atomic mass is 9.85. The first kappa shape index (κ1) is 10.5. The molecule has 0 amide bonds. The van der Waals surface area contributed by atoms with E-state index < -0.39 is 5.54 Å². The first-order chi connectivity index (χ1) is 7.21. The summed E-state index contributed by atoms with van der Waals surface area (Å²) in [5.41, 5.74) is 6.55. The van der Waals surface area contributed by atoms with E-state index in [1.807, 2.05) is 0 Å². The predicted molar refractivity (Wildman–Crippen MR) is 54.7 cm³/mol. The highest BCUT2D eigenvalue weighted by Gasteiger charge is 2.29. The fourth-order valence-electron chi connectivity index (χ4n) is 1.94. The van der Waals surface area contributed by atoms with Crippen LogP contribution in [-0.2, 0) is 10.3 Å². The third-order valence-electron chi connectivity index (χ3n) is 2.88. The summed E-state index contributed by atoms with van der Waals surface area (Å²) in [6, 6.07) is 1.47. The Bertz CT molecular complexity index is 335. The van der Waals surface area contributed by atoms with E-state index in [4.69, 9.17) is 10.5 Å². The van der Waals surface area contributed by atoms with Gasteiger partial charge in [0.05, 0.1) is 6.20 Å². The molecule has 1 saturated heterocycles. The van der Waals surface area contributed by atoms with Crippen LogP contribution >= 0.6 is 0 Å². The molecule has 82 valence electrons. The Kier molecular flexibility index (Phi) is 2.98. The second-order valence-electron chi connectivity index (χ2n) is 4.01. The third kappa shape index (κ3) is 2.33. The zero-order valence-electron chi connectivity index (χ0n) is 8.58. The number of nitrogens with two attached hydrogens (primary N) is 1. The van der Waals surface area contributed by atoms with Gasteiger partial charge in [-0.05, 0) is 30.9 Å². The maximum absolute atomic E-state index is 13.0. The van der Waals surface area contributed by atoms with Crippen LogP contribution in [0.2, 0.25) is 0 Å². The van der Waals surface area contributed by atoms with Gasteiger partial charge < -0.3 is 10.5 Å². The quantitative estimate of drug-likeness (QED) is 0.765. The fraction of sp³-hybridized carbons (Fsp3) is 0.545. The van der Waals surface area contributed by atoms with E-state index in [0.29, 0.717) is 6.61 Å². The minimum Gasteiger partial charge on any atom is -0.381 e. The lowest BCUT2D eigenvalue weighted by Gasteiger charge is -2.27. The van der Waals surface area contributed by atoms with Crippen molar-refractivity contribution < 1.29 is 9.13 Å². The maximum Gasteiger partial charge on any atom is 0.141 e. The molecule has 1 aliphatic heterocycles. The maximum atomic E-state index is 13.0. The number of halogens is 1. The smallest absolute Gasteiger partial charge is 0.141 e. The molecule has 2 N–H and O–H groups in total. The lowest BCUT2D eigenvalue weighted by Crippen LogP contribution is -2.37. The highest BCUT2D eigenvalue weighted by Crippen LogP contribution is 2.29. The molecule has 1 aliphatic rings. The molecular formula is C11H15FN2O. The summed E-state index contributed by atoms with van der Waals surface area (Å²) in [6.45, 7) is 1.37. The molecule has 1 unspecified atom stereocenters. The van der Waals surface area contributed by atoms with Gasteiger partial charge in [0.2, 0.25) is 0 Å². The number of ether oxygens (including phenoxy) is 1. The molecular weight excluding hydrogens is 195 g/mol.